The molecule has 0 aliphatic carbocycles. The largest absolute Gasteiger partial charge is 0.491 e. The molecule has 102 valence electrons. The third kappa shape index (κ3) is 2.80. The van der Waals surface area contributed by atoms with Crippen molar-refractivity contribution in [2.75, 3.05) is 0 Å². The van der Waals surface area contributed by atoms with Crippen molar-refractivity contribution in [2.24, 2.45) is 0 Å². The summed E-state index contributed by atoms with van der Waals surface area (Å²) in [5.74, 6) is 1.05. The molecule has 0 saturated heterocycles. The molecule has 0 bridgehead atoms. The van der Waals surface area contributed by atoms with Gasteiger partial charge >= 0.3 is 0 Å². The van der Waals surface area contributed by atoms with Crippen LogP contribution in [0.5, 0.6) is 5.75 Å². The Hall–Kier alpha value is -1.77. The molecule has 0 atom stereocenters. The fourth-order valence-corrected chi connectivity index (χ4v) is 2.18. The van der Waals surface area contributed by atoms with E-state index in [1.807, 2.05) is 46.8 Å². The minimum absolute atomic E-state index is 0.0122. The van der Waals surface area contributed by atoms with E-state index in [4.69, 9.17) is 4.74 Å². The molecule has 2 rings (SSSR count). The topological polar surface area (TPSA) is 42.1 Å². The summed E-state index contributed by atoms with van der Waals surface area (Å²) in [7, 11) is 0. The second kappa shape index (κ2) is 5.08. The first-order valence-electron chi connectivity index (χ1n) is 6.72. The van der Waals surface area contributed by atoms with Crippen molar-refractivity contribution in [3.8, 4) is 5.75 Å². The summed E-state index contributed by atoms with van der Waals surface area (Å²) in [5, 5.41) is 1.05. The Morgan fingerprint density at radius 1 is 1.11 bits per heavy atom. The smallest absolute Gasteiger partial charge is 0.251 e. The van der Waals surface area contributed by atoms with Crippen molar-refractivity contribution in [3.05, 3.63) is 39.7 Å². The van der Waals surface area contributed by atoms with E-state index in [2.05, 4.69) is 11.1 Å². The lowest BCUT2D eigenvalue weighted by Gasteiger charge is -2.14. The van der Waals surface area contributed by atoms with Crippen LogP contribution in [0.1, 0.15) is 44.7 Å². The summed E-state index contributed by atoms with van der Waals surface area (Å²) >= 11 is 0. The Balaban J connectivity index is 2.62. The Bertz CT molecular complexity index is 654. The third-order valence-corrected chi connectivity index (χ3v) is 3.15. The summed E-state index contributed by atoms with van der Waals surface area (Å²) < 4.78 is 5.75. The highest BCUT2D eigenvalue weighted by Gasteiger charge is 2.10. The van der Waals surface area contributed by atoms with Gasteiger partial charge < -0.3 is 9.72 Å². The summed E-state index contributed by atoms with van der Waals surface area (Å²) in [6, 6.07) is 5.95. The monoisotopic (exact) mass is 259 g/mol. The van der Waals surface area contributed by atoms with E-state index in [0.717, 1.165) is 27.8 Å². The SMILES string of the molecule is Cc1cc2cc(C(C)C)c(=O)[nH]c2cc1OC(C)C. The van der Waals surface area contributed by atoms with Gasteiger partial charge in [-0.2, -0.15) is 0 Å². The Morgan fingerprint density at radius 3 is 2.37 bits per heavy atom. The number of pyridine rings is 1. The Labute approximate surface area is 113 Å². The number of aromatic amines is 1. The van der Waals surface area contributed by atoms with Gasteiger partial charge in [0.25, 0.3) is 5.56 Å². The molecule has 0 radical (unpaired) electrons. The molecule has 0 aliphatic heterocycles. The normalized spacial score (nSPS) is 11.5. The first-order chi connectivity index (χ1) is 8.88. The number of hydrogen-bond acceptors (Lipinski definition) is 2. The van der Waals surface area contributed by atoms with Crippen molar-refractivity contribution >= 4 is 10.9 Å². The van der Waals surface area contributed by atoms with Crippen molar-refractivity contribution in [1.29, 1.82) is 0 Å². The van der Waals surface area contributed by atoms with Crippen LogP contribution in [-0.4, -0.2) is 11.1 Å². The molecule has 0 unspecified atom stereocenters. The zero-order chi connectivity index (χ0) is 14.2. The van der Waals surface area contributed by atoms with Gasteiger partial charge in [-0.05, 0) is 49.8 Å². The van der Waals surface area contributed by atoms with Crippen molar-refractivity contribution in [3.63, 3.8) is 0 Å². The number of fused-ring (bicyclic) bond motifs is 1. The second-order valence-corrected chi connectivity index (χ2v) is 5.58. The average molecular weight is 259 g/mol. The number of benzene rings is 1. The number of rotatable bonds is 3. The van der Waals surface area contributed by atoms with Crippen molar-refractivity contribution in [1.82, 2.24) is 4.98 Å². The molecule has 3 heteroatoms. The van der Waals surface area contributed by atoms with Gasteiger partial charge in [0.15, 0.2) is 0 Å². The maximum atomic E-state index is 12.0. The van der Waals surface area contributed by atoms with Crippen LogP contribution in [0.3, 0.4) is 0 Å². The van der Waals surface area contributed by atoms with Gasteiger partial charge in [-0.15, -0.1) is 0 Å². The molecule has 3 nitrogen and oxygen atoms in total. The highest BCUT2D eigenvalue weighted by molar-refractivity contribution is 5.81. The Kier molecular flexibility index (Phi) is 3.65. The summed E-state index contributed by atoms with van der Waals surface area (Å²) in [6.07, 6.45) is 0.123. The predicted molar refractivity (Wildman–Crippen MR) is 79.2 cm³/mol. The molecular weight excluding hydrogens is 238 g/mol. The molecule has 0 saturated carbocycles. The van der Waals surface area contributed by atoms with Gasteiger partial charge in [-0.25, -0.2) is 0 Å². The minimum Gasteiger partial charge on any atom is -0.491 e. The number of H-pyrrole nitrogens is 1. The predicted octanol–water partition coefficient (Wildman–Crippen LogP) is 3.75. The van der Waals surface area contributed by atoms with Gasteiger partial charge in [-0.3, -0.25) is 4.79 Å². The van der Waals surface area contributed by atoms with Crippen molar-refractivity contribution < 1.29 is 4.74 Å². The zero-order valence-electron chi connectivity index (χ0n) is 12.2. The van der Waals surface area contributed by atoms with Crippen molar-refractivity contribution in [2.45, 2.75) is 46.6 Å². The first-order valence-corrected chi connectivity index (χ1v) is 6.72. The fraction of sp³-hybridized carbons (Fsp3) is 0.438. The van der Waals surface area contributed by atoms with Gasteiger partial charge in [0, 0.05) is 11.6 Å². The van der Waals surface area contributed by atoms with Crippen LogP contribution in [0.25, 0.3) is 10.9 Å². The van der Waals surface area contributed by atoms with E-state index in [0.29, 0.717) is 0 Å². The van der Waals surface area contributed by atoms with Gasteiger partial charge in [0.2, 0.25) is 0 Å². The van der Waals surface area contributed by atoms with E-state index in [-0.39, 0.29) is 17.6 Å². The lowest BCUT2D eigenvalue weighted by molar-refractivity contribution is 0.241. The summed E-state index contributed by atoms with van der Waals surface area (Å²) in [5.41, 5.74) is 2.73. The molecule has 19 heavy (non-hydrogen) atoms. The third-order valence-electron chi connectivity index (χ3n) is 3.15. The molecule has 0 aliphatic rings. The van der Waals surface area contributed by atoms with E-state index >= 15 is 0 Å². The zero-order valence-corrected chi connectivity index (χ0v) is 12.2. The van der Waals surface area contributed by atoms with Crippen LogP contribution >= 0.6 is 0 Å². The lowest BCUT2D eigenvalue weighted by atomic mass is 10.0. The molecule has 1 aromatic carbocycles. The molecule has 1 N–H and O–H groups in total. The van der Waals surface area contributed by atoms with Gasteiger partial charge in [-0.1, -0.05) is 13.8 Å². The molecule has 0 amide bonds. The lowest BCUT2D eigenvalue weighted by Crippen LogP contribution is -2.14. The molecular formula is C16H21NO2. The number of hydrogen-bond donors (Lipinski definition) is 1. The molecule has 0 fully saturated rings. The number of aromatic nitrogens is 1. The average Bonchev–Trinajstić information content (AvgIpc) is 2.29. The van der Waals surface area contributed by atoms with E-state index in [9.17, 15) is 4.79 Å². The van der Waals surface area contributed by atoms with Crippen LogP contribution in [0.2, 0.25) is 0 Å². The number of nitrogens with one attached hydrogen (secondary N) is 1. The molecule has 1 aromatic heterocycles. The quantitative estimate of drug-likeness (QED) is 0.912. The summed E-state index contributed by atoms with van der Waals surface area (Å²) in [6.45, 7) is 10.1. The van der Waals surface area contributed by atoms with Gasteiger partial charge in [0.1, 0.15) is 5.75 Å². The summed E-state index contributed by atoms with van der Waals surface area (Å²) in [4.78, 5) is 14.9. The Morgan fingerprint density at radius 2 is 1.79 bits per heavy atom. The van der Waals surface area contributed by atoms with Crippen LogP contribution in [-0.2, 0) is 0 Å². The van der Waals surface area contributed by atoms with Crippen LogP contribution in [0.4, 0.5) is 0 Å². The van der Waals surface area contributed by atoms with Gasteiger partial charge in [0.05, 0.1) is 11.6 Å². The van der Waals surface area contributed by atoms with E-state index < -0.39 is 0 Å². The first kappa shape index (κ1) is 13.7. The molecule has 1 heterocycles. The second-order valence-electron chi connectivity index (χ2n) is 5.58. The molecule has 2 aromatic rings. The van der Waals surface area contributed by atoms with E-state index in [1.54, 1.807) is 0 Å². The van der Waals surface area contributed by atoms with Crippen LogP contribution < -0.4 is 10.3 Å². The standard InChI is InChI=1S/C16H21NO2/c1-9(2)13-7-12-6-11(5)15(19-10(3)4)8-14(12)17-16(13)18/h6-10H,1-5H3,(H,17,18). The number of ether oxygens (including phenoxy) is 1. The number of aryl methyl sites for hydroxylation is 1. The van der Waals surface area contributed by atoms with Crippen LogP contribution in [0.15, 0.2) is 23.0 Å². The maximum absolute atomic E-state index is 12.0. The highest BCUT2D eigenvalue weighted by Crippen LogP contribution is 2.26. The highest BCUT2D eigenvalue weighted by atomic mass is 16.5. The minimum atomic E-state index is -0.0122. The van der Waals surface area contributed by atoms with Crippen LogP contribution in [0, 0.1) is 6.92 Å². The molecule has 0 spiro atoms. The maximum Gasteiger partial charge on any atom is 0.251 e. The fourth-order valence-electron chi connectivity index (χ4n) is 2.18. The van der Waals surface area contributed by atoms with E-state index in [1.165, 1.54) is 0 Å².